The molecule has 1 atom stereocenters. The molecule has 1 fully saturated rings. The number of pyridine rings is 1. The lowest BCUT2D eigenvalue weighted by Crippen LogP contribution is -2.42. The van der Waals surface area contributed by atoms with Gasteiger partial charge in [-0.2, -0.15) is 5.10 Å². The average Bonchev–Trinajstić information content (AvgIpc) is 3.26. The van der Waals surface area contributed by atoms with E-state index in [0.29, 0.717) is 0 Å². The van der Waals surface area contributed by atoms with Crippen molar-refractivity contribution in [3.8, 4) is 0 Å². The molecular weight excluding hydrogens is 350 g/mol. The molecule has 1 N–H and O–H groups in total. The molecule has 0 radical (unpaired) electrons. The highest BCUT2D eigenvalue weighted by atomic mass is 16.2. The minimum Gasteiger partial charge on any atom is -0.334 e. The van der Waals surface area contributed by atoms with E-state index in [1.54, 1.807) is 0 Å². The van der Waals surface area contributed by atoms with Gasteiger partial charge in [0.1, 0.15) is 0 Å². The second-order valence-corrected chi connectivity index (χ2v) is 9.26. The average molecular weight is 386 g/mol. The lowest BCUT2D eigenvalue weighted by atomic mass is 10.0. The second kappa shape index (κ2) is 7.82. The van der Waals surface area contributed by atoms with Crippen molar-refractivity contribution in [1.82, 2.24) is 25.0 Å². The van der Waals surface area contributed by atoms with E-state index in [1.807, 2.05) is 17.7 Å². The van der Waals surface area contributed by atoms with Crippen molar-refractivity contribution in [2.75, 3.05) is 19.6 Å². The van der Waals surface area contributed by atoms with Gasteiger partial charge in [-0.1, -0.05) is 20.8 Å². The number of carbonyl (C=O) groups excluding carboxylic acids is 1. The lowest BCUT2D eigenvalue weighted by molar-refractivity contribution is 0.0694. The fraction of sp³-hybridized carbons (Fsp3) is 0.682. The van der Waals surface area contributed by atoms with Crippen LogP contribution >= 0.6 is 0 Å². The van der Waals surface area contributed by atoms with E-state index in [1.165, 1.54) is 0 Å². The van der Waals surface area contributed by atoms with Crippen molar-refractivity contribution in [3.05, 3.63) is 23.0 Å². The van der Waals surface area contributed by atoms with E-state index in [4.69, 9.17) is 10.1 Å². The van der Waals surface area contributed by atoms with E-state index in [0.717, 1.165) is 60.5 Å². The standard InChI is InChI=1S/C22H35N5O/c1-8-11-26(16-9-10-23-13-16)21(28)17-12-18(14(2)3)24-20-19(17)15(4)25-27(20)22(5,6)7/h12,14,16,23H,8-11,13H2,1-7H3. The first-order chi connectivity index (χ1) is 13.1. The molecule has 154 valence electrons. The van der Waals surface area contributed by atoms with Gasteiger partial charge >= 0.3 is 0 Å². The van der Waals surface area contributed by atoms with E-state index < -0.39 is 0 Å². The van der Waals surface area contributed by atoms with E-state index in [-0.39, 0.29) is 23.4 Å². The van der Waals surface area contributed by atoms with Crippen LogP contribution in [0.15, 0.2) is 6.07 Å². The molecule has 6 nitrogen and oxygen atoms in total. The van der Waals surface area contributed by atoms with Gasteiger partial charge in [-0.25, -0.2) is 9.67 Å². The summed E-state index contributed by atoms with van der Waals surface area (Å²) >= 11 is 0. The maximum atomic E-state index is 13.8. The number of nitrogens with one attached hydrogen (secondary N) is 1. The van der Waals surface area contributed by atoms with Crippen molar-refractivity contribution in [3.63, 3.8) is 0 Å². The number of rotatable bonds is 5. The van der Waals surface area contributed by atoms with Crippen molar-refractivity contribution >= 4 is 16.9 Å². The minimum absolute atomic E-state index is 0.112. The molecule has 0 aromatic carbocycles. The Labute approximate surface area is 168 Å². The second-order valence-electron chi connectivity index (χ2n) is 9.26. The van der Waals surface area contributed by atoms with Crippen LogP contribution in [0, 0.1) is 6.92 Å². The zero-order chi connectivity index (χ0) is 20.6. The number of hydrogen-bond donors (Lipinski definition) is 1. The van der Waals surface area contributed by atoms with Gasteiger partial charge in [-0.3, -0.25) is 4.79 Å². The third kappa shape index (κ3) is 3.79. The summed E-state index contributed by atoms with van der Waals surface area (Å²) in [5.41, 5.74) is 3.19. The molecule has 6 heteroatoms. The van der Waals surface area contributed by atoms with Crippen LogP contribution < -0.4 is 5.32 Å². The number of aryl methyl sites for hydroxylation is 1. The molecular formula is C22H35N5O. The monoisotopic (exact) mass is 385 g/mol. The molecule has 0 saturated carbocycles. The predicted octanol–water partition coefficient (Wildman–Crippen LogP) is 3.83. The topological polar surface area (TPSA) is 63.1 Å². The zero-order valence-electron chi connectivity index (χ0n) is 18.5. The van der Waals surface area contributed by atoms with Crippen molar-refractivity contribution in [2.45, 2.75) is 78.8 Å². The number of hydrogen-bond acceptors (Lipinski definition) is 4. The normalized spacial score (nSPS) is 17.6. The van der Waals surface area contributed by atoms with Gasteiger partial charge in [0.15, 0.2) is 5.65 Å². The molecule has 1 amide bonds. The van der Waals surface area contributed by atoms with Gasteiger partial charge in [-0.15, -0.1) is 0 Å². The molecule has 0 bridgehead atoms. The molecule has 0 aliphatic carbocycles. The Balaban J connectivity index is 2.20. The van der Waals surface area contributed by atoms with Crippen LogP contribution in [-0.4, -0.2) is 51.2 Å². The Morgan fingerprint density at radius 1 is 1.39 bits per heavy atom. The number of carbonyl (C=O) groups is 1. The molecule has 3 rings (SSSR count). The predicted molar refractivity (Wildman–Crippen MR) is 114 cm³/mol. The first-order valence-corrected chi connectivity index (χ1v) is 10.6. The summed E-state index contributed by atoms with van der Waals surface area (Å²) in [6, 6.07) is 2.26. The Bertz CT molecular complexity index is 856. The fourth-order valence-electron chi connectivity index (χ4n) is 3.99. The van der Waals surface area contributed by atoms with Crippen LogP contribution in [0.1, 0.15) is 82.0 Å². The van der Waals surface area contributed by atoms with E-state index >= 15 is 0 Å². The largest absolute Gasteiger partial charge is 0.334 e. The summed E-state index contributed by atoms with van der Waals surface area (Å²) in [6.07, 6.45) is 1.96. The molecule has 1 aliphatic rings. The molecule has 28 heavy (non-hydrogen) atoms. The number of aromatic nitrogens is 3. The summed E-state index contributed by atoms with van der Waals surface area (Å²) in [4.78, 5) is 20.7. The van der Waals surface area contributed by atoms with E-state index in [2.05, 4.69) is 51.8 Å². The summed E-state index contributed by atoms with van der Waals surface area (Å²) in [5, 5.41) is 9.07. The number of nitrogens with zero attached hydrogens (tertiary/aromatic N) is 4. The fourth-order valence-corrected chi connectivity index (χ4v) is 3.99. The third-order valence-corrected chi connectivity index (χ3v) is 5.49. The first-order valence-electron chi connectivity index (χ1n) is 10.6. The zero-order valence-corrected chi connectivity index (χ0v) is 18.5. The molecule has 3 heterocycles. The summed E-state index contributed by atoms with van der Waals surface area (Å²) < 4.78 is 1.97. The molecule has 1 unspecified atom stereocenters. The minimum atomic E-state index is -0.200. The Morgan fingerprint density at radius 2 is 2.11 bits per heavy atom. The Morgan fingerprint density at radius 3 is 2.64 bits per heavy atom. The van der Waals surface area contributed by atoms with Crippen LogP contribution in [0.3, 0.4) is 0 Å². The van der Waals surface area contributed by atoms with Crippen LogP contribution in [0.2, 0.25) is 0 Å². The van der Waals surface area contributed by atoms with Crippen LogP contribution in [0.25, 0.3) is 11.0 Å². The highest BCUT2D eigenvalue weighted by Crippen LogP contribution is 2.30. The summed E-state index contributed by atoms with van der Waals surface area (Å²) in [6.45, 7) is 17.4. The van der Waals surface area contributed by atoms with Gasteiger partial charge in [-0.05, 0) is 59.1 Å². The van der Waals surface area contributed by atoms with Crippen LogP contribution in [0.4, 0.5) is 0 Å². The summed E-state index contributed by atoms with van der Waals surface area (Å²) in [7, 11) is 0. The number of amides is 1. The molecule has 0 spiro atoms. The highest BCUT2D eigenvalue weighted by Gasteiger charge is 2.31. The lowest BCUT2D eigenvalue weighted by Gasteiger charge is -2.29. The Kier molecular flexibility index (Phi) is 5.80. The van der Waals surface area contributed by atoms with Gasteiger partial charge in [0.05, 0.1) is 22.2 Å². The maximum absolute atomic E-state index is 13.8. The van der Waals surface area contributed by atoms with Gasteiger partial charge in [0.2, 0.25) is 0 Å². The van der Waals surface area contributed by atoms with Crippen molar-refractivity contribution in [2.24, 2.45) is 0 Å². The SMILES string of the molecule is CCCN(C(=O)c1cc(C(C)C)nc2c1c(C)nn2C(C)(C)C)C1CCNC1. The smallest absolute Gasteiger partial charge is 0.255 e. The molecule has 1 aliphatic heterocycles. The highest BCUT2D eigenvalue weighted by molar-refractivity contribution is 6.06. The van der Waals surface area contributed by atoms with Crippen LogP contribution in [0.5, 0.6) is 0 Å². The van der Waals surface area contributed by atoms with Crippen molar-refractivity contribution in [1.29, 1.82) is 0 Å². The molecule has 2 aromatic heterocycles. The number of fused-ring (bicyclic) bond motifs is 1. The van der Waals surface area contributed by atoms with Gasteiger partial charge < -0.3 is 10.2 Å². The van der Waals surface area contributed by atoms with E-state index in [9.17, 15) is 4.79 Å². The molecule has 2 aromatic rings. The van der Waals surface area contributed by atoms with Gasteiger partial charge in [0.25, 0.3) is 5.91 Å². The van der Waals surface area contributed by atoms with Crippen molar-refractivity contribution < 1.29 is 4.79 Å². The van der Waals surface area contributed by atoms with Crippen LogP contribution in [-0.2, 0) is 5.54 Å². The Hall–Kier alpha value is -1.95. The first kappa shape index (κ1) is 20.8. The maximum Gasteiger partial charge on any atom is 0.255 e. The third-order valence-electron chi connectivity index (χ3n) is 5.49. The summed E-state index contributed by atoms with van der Waals surface area (Å²) in [5.74, 6) is 0.355. The quantitative estimate of drug-likeness (QED) is 0.850. The van der Waals surface area contributed by atoms with Gasteiger partial charge in [0, 0.05) is 24.8 Å². The molecule has 1 saturated heterocycles.